The molecule has 11 rings (SSSR count). The predicted molar refractivity (Wildman–Crippen MR) is 224 cm³/mol. The maximum atomic E-state index is 6.26. The molecular weight excluding hydrogens is 665 g/mol. The van der Waals surface area contributed by atoms with Gasteiger partial charge in [-0.1, -0.05) is 91.0 Å². The maximum Gasteiger partial charge on any atom is 0.135 e. The molecule has 1 aliphatic rings. The molecule has 10 aromatic rings. The standard InChI is InChI=1S/C49H32N2OS/c1-3-12-34(13-4-1)50(35-14-5-2-6-15-35)39-21-24-42-45-30-38(23-26-48(45)53-49(42)31-39)51(36-20-19-33-27-32-11-7-8-16-40(32)43(33)28-36)37-22-25-47-44(29-37)41-17-9-10-18-46(41)52-47/h1-26,28-31H,27H2. The van der Waals surface area contributed by atoms with Gasteiger partial charge in [-0.05, 0) is 120 Å². The first-order valence-electron chi connectivity index (χ1n) is 18.0. The molecule has 250 valence electrons. The molecule has 2 heterocycles. The third-order valence-corrected chi connectivity index (χ3v) is 11.8. The molecule has 1 aliphatic carbocycles. The molecule has 0 bridgehead atoms. The first-order valence-corrected chi connectivity index (χ1v) is 18.9. The van der Waals surface area contributed by atoms with Gasteiger partial charge in [0.2, 0.25) is 0 Å². The van der Waals surface area contributed by atoms with Crippen molar-refractivity contribution >= 4 is 87.6 Å². The van der Waals surface area contributed by atoms with Crippen LogP contribution in [0.4, 0.5) is 34.1 Å². The Morgan fingerprint density at radius 2 is 0.943 bits per heavy atom. The summed E-state index contributed by atoms with van der Waals surface area (Å²) in [6.07, 6.45) is 0.972. The lowest BCUT2D eigenvalue weighted by Crippen LogP contribution is -2.10. The predicted octanol–water partition coefficient (Wildman–Crippen LogP) is 14.5. The van der Waals surface area contributed by atoms with Gasteiger partial charge >= 0.3 is 0 Å². The monoisotopic (exact) mass is 696 g/mol. The highest BCUT2D eigenvalue weighted by molar-refractivity contribution is 7.25. The highest BCUT2D eigenvalue weighted by atomic mass is 32.1. The number of thiophene rings is 1. The van der Waals surface area contributed by atoms with Crippen molar-refractivity contribution in [3.05, 3.63) is 193 Å². The Morgan fingerprint density at radius 3 is 1.77 bits per heavy atom. The van der Waals surface area contributed by atoms with Crippen molar-refractivity contribution < 1.29 is 4.42 Å². The highest BCUT2D eigenvalue weighted by Gasteiger charge is 2.23. The van der Waals surface area contributed by atoms with Crippen LogP contribution < -0.4 is 9.80 Å². The number of anilines is 6. The first-order chi connectivity index (χ1) is 26.2. The van der Waals surface area contributed by atoms with E-state index in [1.807, 2.05) is 23.5 Å². The molecule has 0 radical (unpaired) electrons. The molecule has 0 saturated heterocycles. The average Bonchev–Trinajstić information content (AvgIpc) is 3.89. The molecule has 0 amide bonds. The second-order valence-corrected chi connectivity index (χ2v) is 14.8. The van der Waals surface area contributed by atoms with Gasteiger partial charge in [0.05, 0.1) is 0 Å². The Balaban J connectivity index is 1.08. The van der Waals surface area contributed by atoms with E-state index in [4.69, 9.17) is 4.42 Å². The smallest absolute Gasteiger partial charge is 0.135 e. The van der Waals surface area contributed by atoms with Crippen LogP contribution >= 0.6 is 11.3 Å². The van der Waals surface area contributed by atoms with Crippen LogP contribution in [0.5, 0.6) is 0 Å². The zero-order valence-corrected chi connectivity index (χ0v) is 29.6. The van der Waals surface area contributed by atoms with Crippen LogP contribution in [-0.4, -0.2) is 0 Å². The normalized spacial score (nSPS) is 12.1. The lowest BCUT2D eigenvalue weighted by Gasteiger charge is -2.26. The van der Waals surface area contributed by atoms with Crippen LogP contribution in [0.15, 0.2) is 186 Å². The van der Waals surface area contributed by atoms with E-state index >= 15 is 0 Å². The number of furan rings is 1. The Labute approximate surface area is 311 Å². The van der Waals surface area contributed by atoms with Gasteiger partial charge in [0.25, 0.3) is 0 Å². The lowest BCUT2D eigenvalue weighted by atomic mass is 10.0. The SMILES string of the molecule is c1ccc(N(c2ccccc2)c2ccc3c(c2)sc2ccc(N(c4ccc5c(c4)-c4ccccc4C5)c4ccc5oc6ccccc6c5c4)cc23)cc1. The summed E-state index contributed by atoms with van der Waals surface area (Å²) >= 11 is 1.85. The third-order valence-electron chi connectivity index (χ3n) is 10.6. The molecule has 0 fully saturated rings. The van der Waals surface area contributed by atoms with E-state index in [-0.39, 0.29) is 0 Å². The minimum absolute atomic E-state index is 0.896. The molecule has 53 heavy (non-hydrogen) atoms. The molecule has 4 heteroatoms. The number of fused-ring (bicyclic) bond motifs is 9. The number of hydrogen-bond donors (Lipinski definition) is 0. The molecular formula is C49H32N2OS. The van der Waals surface area contributed by atoms with Crippen LogP contribution in [0.25, 0.3) is 53.2 Å². The van der Waals surface area contributed by atoms with Gasteiger partial charge in [-0.2, -0.15) is 0 Å². The number of rotatable bonds is 6. The molecule has 0 unspecified atom stereocenters. The van der Waals surface area contributed by atoms with Crippen molar-refractivity contribution in [1.29, 1.82) is 0 Å². The van der Waals surface area contributed by atoms with E-state index in [2.05, 4.69) is 180 Å². The van der Waals surface area contributed by atoms with Crippen LogP contribution in [0.1, 0.15) is 11.1 Å². The van der Waals surface area contributed by atoms with E-state index in [1.165, 1.54) is 42.4 Å². The van der Waals surface area contributed by atoms with Crippen molar-refractivity contribution in [2.45, 2.75) is 6.42 Å². The van der Waals surface area contributed by atoms with Crippen molar-refractivity contribution in [3.63, 3.8) is 0 Å². The number of para-hydroxylation sites is 3. The minimum atomic E-state index is 0.896. The van der Waals surface area contributed by atoms with Gasteiger partial charge in [-0.15, -0.1) is 11.3 Å². The summed E-state index contributed by atoms with van der Waals surface area (Å²) in [5.74, 6) is 0. The van der Waals surface area contributed by atoms with Crippen molar-refractivity contribution in [1.82, 2.24) is 0 Å². The number of hydrogen-bond acceptors (Lipinski definition) is 4. The fraction of sp³-hybridized carbons (Fsp3) is 0.0204. The number of benzene rings is 8. The van der Waals surface area contributed by atoms with Gasteiger partial charge in [-0.3, -0.25) is 0 Å². The van der Waals surface area contributed by atoms with E-state index in [0.29, 0.717) is 0 Å². The van der Waals surface area contributed by atoms with Crippen LogP contribution in [0.3, 0.4) is 0 Å². The highest BCUT2D eigenvalue weighted by Crippen LogP contribution is 2.46. The third kappa shape index (κ3) is 4.95. The van der Waals surface area contributed by atoms with Crippen LogP contribution in [0, 0.1) is 0 Å². The fourth-order valence-electron chi connectivity index (χ4n) is 8.18. The minimum Gasteiger partial charge on any atom is -0.456 e. The van der Waals surface area contributed by atoms with Gasteiger partial charge in [0, 0.05) is 65.1 Å². The van der Waals surface area contributed by atoms with Gasteiger partial charge < -0.3 is 14.2 Å². The maximum absolute atomic E-state index is 6.26. The molecule has 0 N–H and O–H groups in total. The Bertz CT molecular complexity index is 2960. The van der Waals surface area contributed by atoms with Crippen LogP contribution in [0.2, 0.25) is 0 Å². The van der Waals surface area contributed by atoms with E-state index in [9.17, 15) is 0 Å². The Kier molecular flexibility index (Phi) is 6.79. The van der Waals surface area contributed by atoms with Gasteiger partial charge in [0.15, 0.2) is 0 Å². The quantitative estimate of drug-likeness (QED) is 0.173. The summed E-state index contributed by atoms with van der Waals surface area (Å²) in [5.41, 5.74) is 14.0. The summed E-state index contributed by atoms with van der Waals surface area (Å²) in [6, 6.07) is 65.7. The second kappa shape index (κ2) is 12.0. The Morgan fingerprint density at radius 1 is 0.358 bits per heavy atom. The summed E-state index contributed by atoms with van der Waals surface area (Å²) in [6.45, 7) is 0. The molecule has 0 aliphatic heterocycles. The van der Waals surface area contributed by atoms with E-state index in [1.54, 1.807) is 0 Å². The summed E-state index contributed by atoms with van der Waals surface area (Å²) in [4.78, 5) is 4.74. The second-order valence-electron chi connectivity index (χ2n) is 13.8. The van der Waals surface area contributed by atoms with Gasteiger partial charge in [0.1, 0.15) is 11.2 Å². The average molecular weight is 697 g/mol. The Hall–Kier alpha value is -6.62. The van der Waals surface area contributed by atoms with Crippen molar-refractivity contribution in [2.75, 3.05) is 9.80 Å². The van der Waals surface area contributed by atoms with Gasteiger partial charge in [-0.25, -0.2) is 0 Å². The number of nitrogens with zero attached hydrogens (tertiary/aromatic N) is 2. The molecule has 3 nitrogen and oxygen atoms in total. The van der Waals surface area contributed by atoms with Crippen LogP contribution in [-0.2, 0) is 6.42 Å². The largest absolute Gasteiger partial charge is 0.456 e. The molecule has 0 atom stereocenters. The van der Waals surface area contributed by atoms with Crippen molar-refractivity contribution in [3.8, 4) is 11.1 Å². The summed E-state index contributed by atoms with van der Waals surface area (Å²) < 4.78 is 8.79. The summed E-state index contributed by atoms with van der Waals surface area (Å²) in [7, 11) is 0. The summed E-state index contributed by atoms with van der Waals surface area (Å²) in [5, 5.41) is 4.76. The zero-order valence-electron chi connectivity index (χ0n) is 28.7. The topological polar surface area (TPSA) is 19.6 Å². The molecule has 0 spiro atoms. The molecule has 8 aromatic carbocycles. The van der Waals surface area contributed by atoms with Crippen molar-refractivity contribution in [2.24, 2.45) is 0 Å². The fourth-order valence-corrected chi connectivity index (χ4v) is 9.30. The molecule has 2 aromatic heterocycles. The first kappa shape index (κ1) is 30.0. The zero-order chi connectivity index (χ0) is 34.9. The van der Waals surface area contributed by atoms with E-state index in [0.717, 1.165) is 62.5 Å². The lowest BCUT2D eigenvalue weighted by molar-refractivity contribution is 0.669. The van der Waals surface area contributed by atoms with E-state index < -0.39 is 0 Å². The molecule has 0 saturated carbocycles.